The summed E-state index contributed by atoms with van der Waals surface area (Å²) in [6.07, 6.45) is -1.85. The number of hydrogen-bond donors (Lipinski definition) is 1. The van der Waals surface area contributed by atoms with E-state index in [-0.39, 0.29) is 19.1 Å². The van der Waals surface area contributed by atoms with Gasteiger partial charge in [-0.25, -0.2) is 9.18 Å². The summed E-state index contributed by atoms with van der Waals surface area (Å²) in [7, 11) is 0. The predicted molar refractivity (Wildman–Crippen MR) is 78.1 cm³/mol. The second kappa shape index (κ2) is 7.06. The second-order valence-electron chi connectivity index (χ2n) is 4.82. The first kappa shape index (κ1) is 16.7. The van der Waals surface area contributed by atoms with Crippen molar-refractivity contribution in [3.63, 3.8) is 0 Å². The van der Waals surface area contributed by atoms with Gasteiger partial charge in [0.15, 0.2) is 12.2 Å². The Bertz CT molecular complexity index is 582. The fraction of sp³-hybridized carbons (Fsp3) is 0.429. The minimum Gasteiger partial charge on any atom is -0.480 e. The van der Waals surface area contributed by atoms with Crippen molar-refractivity contribution in [1.29, 1.82) is 0 Å². The lowest BCUT2D eigenvalue weighted by Gasteiger charge is -2.32. The van der Waals surface area contributed by atoms with E-state index >= 15 is 0 Å². The Hall–Kier alpha value is -1.67. The molecule has 8 heteroatoms. The van der Waals surface area contributed by atoms with Crippen LogP contribution in [-0.2, 0) is 14.3 Å². The maximum absolute atomic E-state index is 13.0. The highest BCUT2D eigenvalue weighted by Crippen LogP contribution is 2.26. The zero-order chi connectivity index (χ0) is 16.3. The van der Waals surface area contributed by atoms with Crippen LogP contribution >= 0.6 is 15.9 Å². The summed E-state index contributed by atoms with van der Waals surface area (Å²) in [6, 6.07) is 3.89. The van der Waals surface area contributed by atoms with Crippen molar-refractivity contribution >= 4 is 27.8 Å². The van der Waals surface area contributed by atoms with Crippen molar-refractivity contribution in [1.82, 2.24) is 4.90 Å². The van der Waals surface area contributed by atoms with Crippen molar-refractivity contribution in [3.8, 4) is 5.75 Å². The number of benzene rings is 1. The number of ether oxygens (including phenoxy) is 2. The Labute approximate surface area is 134 Å². The van der Waals surface area contributed by atoms with E-state index in [1.807, 2.05) is 0 Å². The van der Waals surface area contributed by atoms with Gasteiger partial charge < -0.3 is 19.5 Å². The average Bonchev–Trinajstić information content (AvgIpc) is 2.49. The van der Waals surface area contributed by atoms with E-state index in [2.05, 4.69) is 15.9 Å². The maximum atomic E-state index is 13.0. The van der Waals surface area contributed by atoms with E-state index in [9.17, 15) is 14.0 Å². The Morgan fingerprint density at radius 2 is 2.27 bits per heavy atom. The van der Waals surface area contributed by atoms with Gasteiger partial charge in [-0.3, -0.25) is 4.79 Å². The highest BCUT2D eigenvalue weighted by molar-refractivity contribution is 9.10. The minimum atomic E-state index is -1.10. The van der Waals surface area contributed by atoms with Crippen molar-refractivity contribution in [2.24, 2.45) is 0 Å². The van der Waals surface area contributed by atoms with Crippen LogP contribution < -0.4 is 4.74 Å². The van der Waals surface area contributed by atoms with Crippen LogP contribution in [0.1, 0.15) is 6.92 Å². The van der Waals surface area contributed by atoms with Gasteiger partial charge in [0.1, 0.15) is 11.6 Å². The van der Waals surface area contributed by atoms with Crippen molar-refractivity contribution in [2.45, 2.75) is 19.1 Å². The fourth-order valence-electron chi connectivity index (χ4n) is 2.07. The molecule has 0 unspecified atom stereocenters. The zero-order valence-corrected chi connectivity index (χ0v) is 13.4. The number of morpholine rings is 1. The molecular weight excluding hydrogens is 361 g/mol. The van der Waals surface area contributed by atoms with Crippen molar-refractivity contribution in [3.05, 3.63) is 28.5 Å². The molecule has 22 heavy (non-hydrogen) atoms. The minimum absolute atomic E-state index is 0.0214. The molecule has 6 nitrogen and oxygen atoms in total. The van der Waals surface area contributed by atoms with E-state index in [0.717, 1.165) is 0 Å². The number of amides is 1. The third kappa shape index (κ3) is 3.95. The molecule has 1 saturated heterocycles. The SMILES string of the molecule is C[C@@H](Oc1ccc(F)cc1Br)C(=O)N1CCO[C@H](C(=O)O)C1. The molecule has 120 valence electrons. The Morgan fingerprint density at radius 1 is 1.55 bits per heavy atom. The van der Waals surface area contributed by atoms with Crippen molar-refractivity contribution in [2.75, 3.05) is 19.7 Å². The molecular formula is C14H15BrFNO5. The van der Waals surface area contributed by atoms with Gasteiger partial charge in [0.25, 0.3) is 5.91 Å². The lowest BCUT2D eigenvalue weighted by molar-refractivity contribution is -0.161. The molecule has 0 bridgehead atoms. The van der Waals surface area contributed by atoms with Crippen LogP contribution in [-0.4, -0.2) is 53.8 Å². The molecule has 0 saturated carbocycles. The van der Waals surface area contributed by atoms with E-state index < -0.39 is 24.0 Å². The molecule has 2 rings (SSSR count). The average molecular weight is 376 g/mol. The fourth-order valence-corrected chi connectivity index (χ4v) is 2.51. The summed E-state index contributed by atoms with van der Waals surface area (Å²) in [5, 5.41) is 8.94. The first-order valence-electron chi connectivity index (χ1n) is 6.63. The molecule has 2 atom stereocenters. The van der Waals surface area contributed by atoms with Crippen LogP contribution in [0, 0.1) is 5.82 Å². The largest absolute Gasteiger partial charge is 0.480 e. The summed E-state index contributed by atoms with van der Waals surface area (Å²) in [5.74, 6) is -1.53. The van der Waals surface area contributed by atoms with E-state index in [1.54, 1.807) is 6.92 Å². The summed E-state index contributed by atoms with van der Waals surface area (Å²) in [4.78, 5) is 24.6. The molecule has 1 heterocycles. The summed E-state index contributed by atoms with van der Waals surface area (Å²) in [6.45, 7) is 2.01. The van der Waals surface area contributed by atoms with E-state index in [4.69, 9.17) is 14.6 Å². The van der Waals surface area contributed by atoms with E-state index in [0.29, 0.717) is 16.8 Å². The van der Waals surface area contributed by atoms with Gasteiger partial charge in [-0.05, 0) is 41.1 Å². The second-order valence-corrected chi connectivity index (χ2v) is 5.67. The summed E-state index contributed by atoms with van der Waals surface area (Å²) < 4.78 is 24.0. The Kier molecular flexibility index (Phi) is 5.36. The standard InChI is InChI=1S/C14H15BrFNO5/c1-8(22-11-3-2-9(16)6-10(11)15)13(18)17-4-5-21-12(7-17)14(19)20/h2-3,6,8,12H,4-5,7H2,1H3,(H,19,20)/t8-,12+/m1/s1. The Balaban J connectivity index is 2.01. The molecule has 0 aliphatic carbocycles. The normalized spacial score (nSPS) is 19.6. The molecule has 1 aromatic carbocycles. The maximum Gasteiger partial charge on any atom is 0.334 e. The highest BCUT2D eigenvalue weighted by atomic mass is 79.9. The van der Waals surface area contributed by atoms with Crippen LogP contribution in [0.3, 0.4) is 0 Å². The molecule has 1 aliphatic heterocycles. The van der Waals surface area contributed by atoms with Crippen LogP contribution in [0.4, 0.5) is 4.39 Å². The highest BCUT2D eigenvalue weighted by Gasteiger charge is 2.31. The first-order valence-corrected chi connectivity index (χ1v) is 7.42. The van der Waals surface area contributed by atoms with Crippen LogP contribution in [0.2, 0.25) is 0 Å². The first-order chi connectivity index (χ1) is 10.4. The molecule has 1 fully saturated rings. The number of aliphatic carboxylic acids is 1. The van der Waals surface area contributed by atoms with Crippen molar-refractivity contribution < 1.29 is 28.6 Å². The lowest BCUT2D eigenvalue weighted by Crippen LogP contribution is -2.51. The van der Waals surface area contributed by atoms with Gasteiger partial charge in [-0.15, -0.1) is 0 Å². The zero-order valence-electron chi connectivity index (χ0n) is 11.8. The number of nitrogens with zero attached hydrogens (tertiary/aromatic N) is 1. The topological polar surface area (TPSA) is 76.1 Å². The summed E-state index contributed by atoms with van der Waals surface area (Å²) >= 11 is 3.16. The number of carbonyl (C=O) groups excluding carboxylic acids is 1. The van der Waals surface area contributed by atoms with Gasteiger partial charge in [0.05, 0.1) is 17.6 Å². The number of rotatable bonds is 4. The van der Waals surface area contributed by atoms with Gasteiger partial charge in [-0.2, -0.15) is 0 Å². The molecule has 1 aliphatic rings. The van der Waals surface area contributed by atoms with Crippen LogP contribution in [0.5, 0.6) is 5.75 Å². The number of carboxylic acid groups (broad SMARTS) is 1. The monoisotopic (exact) mass is 375 g/mol. The van der Waals surface area contributed by atoms with Gasteiger partial charge >= 0.3 is 5.97 Å². The number of carbonyl (C=O) groups is 2. The molecule has 0 aromatic heterocycles. The van der Waals surface area contributed by atoms with Crippen LogP contribution in [0.15, 0.2) is 22.7 Å². The molecule has 0 radical (unpaired) electrons. The molecule has 1 aromatic rings. The quantitative estimate of drug-likeness (QED) is 0.865. The van der Waals surface area contributed by atoms with Gasteiger partial charge in [0.2, 0.25) is 0 Å². The smallest absolute Gasteiger partial charge is 0.334 e. The number of hydrogen-bond acceptors (Lipinski definition) is 4. The third-order valence-electron chi connectivity index (χ3n) is 3.20. The summed E-state index contributed by atoms with van der Waals surface area (Å²) in [5.41, 5.74) is 0. The Morgan fingerprint density at radius 3 is 2.91 bits per heavy atom. The third-order valence-corrected chi connectivity index (χ3v) is 3.82. The molecule has 1 amide bonds. The van der Waals surface area contributed by atoms with Gasteiger partial charge in [-0.1, -0.05) is 0 Å². The number of carboxylic acids is 1. The van der Waals surface area contributed by atoms with Crippen LogP contribution in [0.25, 0.3) is 0 Å². The lowest BCUT2D eigenvalue weighted by atomic mass is 10.2. The number of halogens is 2. The van der Waals surface area contributed by atoms with E-state index in [1.165, 1.54) is 23.1 Å². The van der Waals surface area contributed by atoms with Gasteiger partial charge in [0, 0.05) is 6.54 Å². The predicted octanol–water partition coefficient (Wildman–Crippen LogP) is 1.67. The molecule has 1 N–H and O–H groups in total. The molecule has 0 spiro atoms.